The molecule has 0 bridgehead atoms. The molecule has 112 valence electrons. The fraction of sp³-hybridized carbons (Fsp3) is 0.500. The fourth-order valence-corrected chi connectivity index (χ4v) is 3.14. The number of carbonyl (C=O) groups is 1. The first-order valence-corrected chi connectivity index (χ1v) is 7.28. The molecule has 9 heteroatoms. The molecule has 1 aliphatic heterocycles. The van der Waals surface area contributed by atoms with E-state index in [2.05, 4.69) is 9.97 Å². The lowest BCUT2D eigenvalue weighted by Crippen LogP contribution is -2.22. The highest BCUT2D eigenvalue weighted by Gasteiger charge is 2.30. The Morgan fingerprint density at radius 1 is 1.62 bits per heavy atom. The number of nitrogens with two attached hydrogens (primary N) is 1. The number of nitrogen functional groups attached to an aromatic ring is 1. The lowest BCUT2D eigenvalue weighted by molar-refractivity contribution is -0.145. The van der Waals surface area contributed by atoms with Crippen molar-refractivity contribution in [1.82, 2.24) is 14.5 Å². The molecule has 0 unspecified atom stereocenters. The van der Waals surface area contributed by atoms with Gasteiger partial charge in [0.1, 0.15) is 12.8 Å². The Labute approximate surface area is 123 Å². The van der Waals surface area contributed by atoms with Gasteiger partial charge in [0.15, 0.2) is 5.65 Å². The predicted octanol–water partition coefficient (Wildman–Crippen LogP) is 0.676. The SMILES string of the molecule is CC(=O)OC[C@@H]1CC[C@H](n2c(=O)sc3cnc(N)nc32)O1. The van der Waals surface area contributed by atoms with Crippen LogP contribution in [-0.2, 0) is 14.3 Å². The first-order chi connectivity index (χ1) is 10.0. The van der Waals surface area contributed by atoms with Crippen molar-refractivity contribution in [2.45, 2.75) is 32.1 Å². The molecule has 2 aromatic rings. The Balaban J connectivity index is 1.85. The van der Waals surface area contributed by atoms with Crippen LogP contribution in [0.1, 0.15) is 26.0 Å². The fourth-order valence-electron chi connectivity index (χ4n) is 2.31. The Kier molecular flexibility index (Phi) is 3.60. The van der Waals surface area contributed by atoms with Crippen LogP contribution in [0.4, 0.5) is 5.95 Å². The van der Waals surface area contributed by atoms with Crippen LogP contribution in [0.2, 0.25) is 0 Å². The predicted molar refractivity (Wildman–Crippen MR) is 75.9 cm³/mol. The molecule has 1 fully saturated rings. The largest absolute Gasteiger partial charge is 0.463 e. The van der Waals surface area contributed by atoms with E-state index in [1.165, 1.54) is 17.7 Å². The second kappa shape index (κ2) is 5.41. The molecule has 8 nitrogen and oxygen atoms in total. The van der Waals surface area contributed by atoms with E-state index in [1.54, 1.807) is 0 Å². The summed E-state index contributed by atoms with van der Waals surface area (Å²) in [6.07, 6.45) is 2.27. The van der Waals surface area contributed by atoms with Crippen molar-refractivity contribution in [2.24, 2.45) is 0 Å². The van der Waals surface area contributed by atoms with Gasteiger partial charge >= 0.3 is 10.8 Å². The first-order valence-electron chi connectivity index (χ1n) is 6.47. The van der Waals surface area contributed by atoms with Gasteiger partial charge in [-0.3, -0.25) is 14.2 Å². The Morgan fingerprint density at radius 2 is 2.43 bits per heavy atom. The molecule has 1 aliphatic rings. The second-order valence-electron chi connectivity index (χ2n) is 4.75. The van der Waals surface area contributed by atoms with E-state index >= 15 is 0 Å². The Hall–Kier alpha value is -2.00. The third-order valence-electron chi connectivity index (χ3n) is 3.22. The lowest BCUT2D eigenvalue weighted by atomic mass is 10.2. The van der Waals surface area contributed by atoms with Gasteiger partial charge in [0, 0.05) is 6.92 Å². The van der Waals surface area contributed by atoms with Crippen molar-refractivity contribution in [1.29, 1.82) is 0 Å². The molecule has 0 spiro atoms. The summed E-state index contributed by atoms with van der Waals surface area (Å²) >= 11 is 1.06. The number of hydrogen-bond donors (Lipinski definition) is 1. The maximum atomic E-state index is 12.1. The summed E-state index contributed by atoms with van der Waals surface area (Å²) in [5.41, 5.74) is 6.06. The number of anilines is 1. The van der Waals surface area contributed by atoms with E-state index in [0.717, 1.165) is 11.3 Å². The minimum absolute atomic E-state index is 0.114. The molecule has 2 N–H and O–H groups in total. The van der Waals surface area contributed by atoms with Gasteiger partial charge in [0.05, 0.1) is 17.0 Å². The van der Waals surface area contributed by atoms with E-state index in [1.807, 2.05) is 0 Å². The highest BCUT2D eigenvalue weighted by atomic mass is 32.1. The minimum Gasteiger partial charge on any atom is -0.463 e. The van der Waals surface area contributed by atoms with Gasteiger partial charge in [-0.05, 0) is 12.8 Å². The van der Waals surface area contributed by atoms with Crippen LogP contribution in [0, 0.1) is 0 Å². The summed E-state index contributed by atoms with van der Waals surface area (Å²) in [5, 5.41) is 0. The van der Waals surface area contributed by atoms with E-state index in [4.69, 9.17) is 15.2 Å². The van der Waals surface area contributed by atoms with Crippen LogP contribution in [0.5, 0.6) is 0 Å². The molecular formula is C12H14N4O4S. The third-order valence-corrected chi connectivity index (χ3v) is 4.10. The van der Waals surface area contributed by atoms with Crippen LogP contribution in [0.15, 0.2) is 11.0 Å². The monoisotopic (exact) mass is 310 g/mol. The highest BCUT2D eigenvalue weighted by molar-refractivity contribution is 7.16. The molecule has 3 rings (SSSR count). The topological polar surface area (TPSA) is 109 Å². The maximum absolute atomic E-state index is 12.1. The lowest BCUT2D eigenvalue weighted by Gasteiger charge is -2.14. The van der Waals surface area contributed by atoms with Crippen LogP contribution in [-0.4, -0.2) is 33.2 Å². The number of carbonyl (C=O) groups excluding carboxylic acids is 1. The van der Waals surface area contributed by atoms with Crippen molar-refractivity contribution in [3.05, 3.63) is 15.9 Å². The van der Waals surface area contributed by atoms with E-state index in [-0.39, 0.29) is 29.5 Å². The van der Waals surface area contributed by atoms with Gasteiger partial charge in [-0.25, -0.2) is 4.98 Å². The van der Waals surface area contributed by atoms with Gasteiger partial charge < -0.3 is 15.2 Å². The average Bonchev–Trinajstić information content (AvgIpc) is 2.99. The average molecular weight is 310 g/mol. The number of aromatic nitrogens is 3. The smallest absolute Gasteiger partial charge is 0.311 e. The molecular weight excluding hydrogens is 296 g/mol. The molecule has 21 heavy (non-hydrogen) atoms. The number of esters is 1. The van der Waals surface area contributed by atoms with E-state index in [9.17, 15) is 9.59 Å². The van der Waals surface area contributed by atoms with Gasteiger partial charge in [-0.15, -0.1) is 0 Å². The minimum atomic E-state index is -0.416. The molecule has 0 aliphatic carbocycles. The molecule has 2 aromatic heterocycles. The van der Waals surface area contributed by atoms with Crippen LogP contribution < -0.4 is 10.6 Å². The quantitative estimate of drug-likeness (QED) is 0.830. The van der Waals surface area contributed by atoms with Crippen LogP contribution >= 0.6 is 11.3 Å². The molecule has 0 aromatic carbocycles. The number of fused-ring (bicyclic) bond motifs is 1. The van der Waals surface area contributed by atoms with Crippen molar-refractivity contribution >= 4 is 33.6 Å². The summed E-state index contributed by atoms with van der Waals surface area (Å²) in [4.78, 5) is 30.8. The molecule has 1 saturated heterocycles. The Morgan fingerprint density at radius 3 is 3.19 bits per heavy atom. The van der Waals surface area contributed by atoms with Crippen molar-refractivity contribution in [2.75, 3.05) is 12.3 Å². The number of ether oxygens (including phenoxy) is 2. The van der Waals surface area contributed by atoms with E-state index < -0.39 is 6.23 Å². The number of nitrogens with zero attached hydrogens (tertiary/aromatic N) is 3. The van der Waals surface area contributed by atoms with Gasteiger partial charge in [0.25, 0.3) is 0 Å². The summed E-state index contributed by atoms with van der Waals surface area (Å²) in [6, 6.07) is 0. The summed E-state index contributed by atoms with van der Waals surface area (Å²) in [6.45, 7) is 1.54. The van der Waals surface area contributed by atoms with Crippen LogP contribution in [0.3, 0.4) is 0 Å². The summed E-state index contributed by atoms with van der Waals surface area (Å²) < 4.78 is 12.9. The Bertz CT molecular complexity index is 740. The number of thiazole rings is 1. The maximum Gasteiger partial charge on any atom is 0.311 e. The van der Waals surface area contributed by atoms with Crippen molar-refractivity contribution in [3.8, 4) is 0 Å². The first kappa shape index (κ1) is 14.0. The molecule has 0 amide bonds. The third kappa shape index (κ3) is 2.74. The summed E-state index contributed by atoms with van der Waals surface area (Å²) in [7, 11) is 0. The van der Waals surface area contributed by atoms with Gasteiger partial charge in [-0.1, -0.05) is 11.3 Å². The normalized spacial score (nSPS) is 21.8. The zero-order valence-corrected chi connectivity index (χ0v) is 12.1. The van der Waals surface area contributed by atoms with Crippen molar-refractivity contribution < 1.29 is 14.3 Å². The summed E-state index contributed by atoms with van der Waals surface area (Å²) in [5.74, 6) is -0.232. The molecule has 3 heterocycles. The van der Waals surface area contributed by atoms with Crippen LogP contribution in [0.25, 0.3) is 10.3 Å². The number of rotatable bonds is 3. The number of hydrogen-bond acceptors (Lipinski definition) is 8. The molecule has 0 radical (unpaired) electrons. The van der Waals surface area contributed by atoms with Gasteiger partial charge in [0.2, 0.25) is 5.95 Å². The van der Waals surface area contributed by atoms with E-state index in [0.29, 0.717) is 23.2 Å². The zero-order valence-electron chi connectivity index (χ0n) is 11.3. The molecule has 2 atom stereocenters. The van der Waals surface area contributed by atoms with Crippen molar-refractivity contribution in [3.63, 3.8) is 0 Å². The zero-order chi connectivity index (χ0) is 15.0. The highest BCUT2D eigenvalue weighted by Crippen LogP contribution is 2.30. The molecule has 0 saturated carbocycles. The second-order valence-corrected chi connectivity index (χ2v) is 5.74. The van der Waals surface area contributed by atoms with Gasteiger partial charge in [-0.2, -0.15) is 4.98 Å². The standard InChI is InChI=1S/C12H14N4O4S/c1-6(17)19-5-7-2-3-9(20-7)16-10-8(21-12(16)18)4-14-11(13)15-10/h4,7,9H,2-3,5H2,1H3,(H2,13,14,15)/t7-,9+/m0/s1.